The molecular formula is C17H30N2O2. The predicted octanol–water partition coefficient (Wildman–Crippen LogP) is 2.69. The maximum absolute atomic E-state index is 12.5. The van der Waals surface area contributed by atoms with Gasteiger partial charge in [0.2, 0.25) is 0 Å². The molecule has 21 heavy (non-hydrogen) atoms. The van der Waals surface area contributed by atoms with Crippen LogP contribution in [0.25, 0.3) is 0 Å². The predicted molar refractivity (Wildman–Crippen MR) is 84.9 cm³/mol. The van der Waals surface area contributed by atoms with Crippen LogP contribution in [-0.2, 0) is 9.53 Å². The van der Waals surface area contributed by atoms with Crippen LogP contribution in [0.3, 0.4) is 0 Å². The Balaban J connectivity index is 2.22. The first-order chi connectivity index (χ1) is 9.69. The molecule has 1 N–H and O–H groups in total. The fourth-order valence-corrected chi connectivity index (χ4v) is 3.33. The number of nitrogens with zero attached hydrogens (tertiary/aromatic N) is 1. The highest BCUT2D eigenvalue weighted by Gasteiger charge is 2.43. The summed E-state index contributed by atoms with van der Waals surface area (Å²) >= 11 is 0. The highest BCUT2D eigenvalue weighted by Crippen LogP contribution is 2.33. The molecule has 3 atom stereocenters. The largest absolute Gasteiger partial charge is 0.490 e. The molecule has 4 heteroatoms. The van der Waals surface area contributed by atoms with E-state index in [1.807, 2.05) is 20.8 Å². The normalized spacial score (nSPS) is 30.2. The molecule has 0 bridgehead atoms. The SMILES string of the molecule is CC(C)C[C@H]1C(OC(C)(C)C)=CC(=O)N1C1CCN[C@H]1C. The number of nitrogens with one attached hydrogen (secondary N) is 1. The Bertz CT molecular complexity index is 423. The molecule has 0 spiro atoms. The third kappa shape index (κ3) is 3.79. The zero-order valence-electron chi connectivity index (χ0n) is 14.3. The third-order valence-corrected chi connectivity index (χ3v) is 4.14. The molecule has 2 heterocycles. The molecule has 0 aliphatic carbocycles. The van der Waals surface area contributed by atoms with E-state index in [0.717, 1.165) is 25.1 Å². The van der Waals surface area contributed by atoms with Crippen molar-refractivity contribution in [3.05, 3.63) is 11.8 Å². The maximum atomic E-state index is 12.5. The van der Waals surface area contributed by atoms with E-state index in [1.165, 1.54) is 0 Å². The first kappa shape index (κ1) is 16.3. The molecule has 120 valence electrons. The van der Waals surface area contributed by atoms with E-state index in [0.29, 0.717) is 12.0 Å². The molecule has 1 amide bonds. The lowest BCUT2D eigenvalue weighted by Gasteiger charge is -2.36. The molecular weight excluding hydrogens is 264 g/mol. The van der Waals surface area contributed by atoms with Crippen molar-refractivity contribution in [1.82, 2.24) is 10.2 Å². The summed E-state index contributed by atoms with van der Waals surface area (Å²) in [6.07, 6.45) is 3.69. The van der Waals surface area contributed by atoms with Gasteiger partial charge in [-0.1, -0.05) is 13.8 Å². The summed E-state index contributed by atoms with van der Waals surface area (Å²) in [5.74, 6) is 1.49. The van der Waals surface area contributed by atoms with Crippen molar-refractivity contribution in [2.75, 3.05) is 6.54 Å². The summed E-state index contributed by atoms with van der Waals surface area (Å²) in [7, 11) is 0. The van der Waals surface area contributed by atoms with E-state index in [9.17, 15) is 4.79 Å². The molecule has 4 nitrogen and oxygen atoms in total. The quantitative estimate of drug-likeness (QED) is 0.867. The Morgan fingerprint density at radius 2 is 2.10 bits per heavy atom. The molecule has 2 aliphatic rings. The maximum Gasteiger partial charge on any atom is 0.250 e. The van der Waals surface area contributed by atoms with E-state index >= 15 is 0 Å². The van der Waals surface area contributed by atoms with E-state index in [2.05, 4.69) is 31.0 Å². The fraction of sp³-hybridized carbons (Fsp3) is 0.824. The molecule has 0 aromatic heterocycles. The minimum Gasteiger partial charge on any atom is -0.490 e. The standard InChI is InChI=1S/C17H30N2O2/c1-11(2)9-14-15(21-17(4,5)6)10-16(20)19(14)13-7-8-18-12(13)3/h10-14,18H,7-9H2,1-6H3/t12-,13?,14-/m0/s1. The molecule has 0 radical (unpaired) electrons. The van der Waals surface area contributed by atoms with Crippen LogP contribution in [0.5, 0.6) is 0 Å². The fourth-order valence-electron chi connectivity index (χ4n) is 3.33. The Hall–Kier alpha value is -1.03. The van der Waals surface area contributed by atoms with Gasteiger partial charge >= 0.3 is 0 Å². The Kier molecular flexibility index (Phi) is 4.66. The Labute approximate surface area is 128 Å². The summed E-state index contributed by atoms with van der Waals surface area (Å²) in [4.78, 5) is 14.6. The number of hydrogen-bond acceptors (Lipinski definition) is 3. The average Bonchev–Trinajstić information content (AvgIpc) is 2.82. The average molecular weight is 294 g/mol. The second-order valence-electron chi connectivity index (χ2n) is 7.75. The van der Waals surface area contributed by atoms with Crippen LogP contribution < -0.4 is 5.32 Å². The van der Waals surface area contributed by atoms with Gasteiger partial charge < -0.3 is 15.0 Å². The summed E-state index contributed by atoms with van der Waals surface area (Å²) in [5, 5.41) is 3.45. The molecule has 1 unspecified atom stereocenters. The van der Waals surface area contributed by atoms with Crippen molar-refractivity contribution in [3.8, 4) is 0 Å². The van der Waals surface area contributed by atoms with Gasteiger partial charge in [0.05, 0.1) is 6.04 Å². The smallest absolute Gasteiger partial charge is 0.250 e. The number of carbonyl (C=O) groups excluding carboxylic acids is 1. The van der Waals surface area contributed by atoms with Crippen LogP contribution in [-0.4, -0.2) is 41.1 Å². The van der Waals surface area contributed by atoms with Gasteiger partial charge in [-0.25, -0.2) is 0 Å². The van der Waals surface area contributed by atoms with Gasteiger partial charge in [0, 0.05) is 18.2 Å². The van der Waals surface area contributed by atoms with Gasteiger partial charge in [-0.2, -0.15) is 0 Å². The topological polar surface area (TPSA) is 41.6 Å². The van der Waals surface area contributed by atoms with Crippen molar-refractivity contribution in [2.24, 2.45) is 5.92 Å². The number of ether oxygens (including phenoxy) is 1. The van der Waals surface area contributed by atoms with Crippen LogP contribution in [0.4, 0.5) is 0 Å². The molecule has 0 saturated carbocycles. The summed E-state index contributed by atoms with van der Waals surface area (Å²) in [5.41, 5.74) is -0.267. The van der Waals surface area contributed by atoms with E-state index in [1.54, 1.807) is 6.08 Å². The number of carbonyl (C=O) groups is 1. The van der Waals surface area contributed by atoms with Crippen LogP contribution in [0.1, 0.15) is 54.4 Å². The highest BCUT2D eigenvalue weighted by molar-refractivity contribution is 5.91. The van der Waals surface area contributed by atoms with Gasteiger partial charge in [-0.15, -0.1) is 0 Å². The first-order valence-corrected chi connectivity index (χ1v) is 8.15. The van der Waals surface area contributed by atoms with Gasteiger partial charge in [0.15, 0.2) is 0 Å². The van der Waals surface area contributed by atoms with Crippen molar-refractivity contribution in [1.29, 1.82) is 0 Å². The molecule has 2 rings (SSSR count). The lowest BCUT2D eigenvalue weighted by molar-refractivity contribution is -0.129. The lowest BCUT2D eigenvalue weighted by atomic mass is 9.99. The van der Waals surface area contributed by atoms with Gasteiger partial charge in [0.25, 0.3) is 5.91 Å². The summed E-state index contributed by atoms with van der Waals surface area (Å²) in [6.45, 7) is 13.7. The highest BCUT2D eigenvalue weighted by atomic mass is 16.5. The summed E-state index contributed by atoms with van der Waals surface area (Å²) in [6, 6.07) is 0.716. The van der Waals surface area contributed by atoms with Gasteiger partial charge in [0.1, 0.15) is 11.4 Å². The first-order valence-electron chi connectivity index (χ1n) is 8.15. The van der Waals surface area contributed by atoms with Crippen molar-refractivity contribution >= 4 is 5.91 Å². The Morgan fingerprint density at radius 1 is 1.43 bits per heavy atom. The summed E-state index contributed by atoms with van der Waals surface area (Å²) < 4.78 is 6.09. The monoisotopic (exact) mass is 294 g/mol. The molecule has 1 saturated heterocycles. The lowest BCUT2D eigenvalue weighted by Crippen LogP contribution is -2.49. The molecule has 2 aliphatic heterocycles. The molecule has 1 fully saturated rings. The Morgan fingerprint density at radius 3 is 2.57 bits per heavy atom. The van der Waals surface area contributed by atoms with Crippen molar-refractivity contribution < 1.29 is 9.53 Å². The van der Waals surface area contributed by atoms with Crippen LogP contribution in [0.2, 0.25) is 0 Å². The van der Waals surface area contributed by atoms with Crippen LogP contribution >= 0.6 is 0 Å². The zero-order chi connectivity index (χ0) is 15.8. The minimum absolute atomic E-state index is 0.0871. The molecule has 0 aromatic rings. The van der Waals surface area contributed by atoms with Crippen LogP contribution in [0.15, 0.2) is 11.8 Å². The number of rotatable bonds is 4. The van der Waals surface area contributed by atoms with Crippen LogP contribution in [0, 0.1) is 5.92 Å². The van der Waals surface area contributed by atoms with Gasteiger partial charge in [-0.3, -0.25) is 4.79 Å². The van der Waals surface area contributed by atoms with Crippen molar-refractivity contribution in [2.45, 2.75) is 78.1 Å². The minimum atomic E-state index is -0.267. The zero-order valence-corrected chi connectivity index (χ0v) is 14.3. The van der Waals surface area contributed by atoms with Gasteiger partial charge in [-0.05, 0) is 53.0 Å². The number of amides is 1. The van der Waals surface area contributed by atoms with Crippen molar-refractivity contribution in [3.63, 3.8) is 0 Å². The third-order valence-electron chi connectivity index (χ3n) is 4.14. The van der Waals surface area contributed by atoms with E-state index in [4.69, 9.17) is 4.74 Å². The number of hydrogen-bond donors (Lipinski definition) is 1. The van der Waals surface area contributed by atoms with E-state index in [-0.39, 0.29) is 23.6 Å². The molecule has 0 aromatic carbocycles. The van der Waals surface area contributed by atoms with E-state index < -0.39 is 0 Å². The second kappa shape index (κ2) is 5.99. The second-order valence-corrected chi connectivity index (χ2v) is 7.75.